The van der Waals surface area contributed by atoms with Gasteiger partial charge < -0.3 is 9.88 Å². The summed E-state index contributed by atoms with van der Waals surface area (Å²) in [4.78, 5) is 23.8. The fraction of sp³-hybridized carbons (Fsp3) is 0.346. The van der Waals surface area contributed by atoms with Crippen LogP contribution in [-0.4, -0.2) is 43.6 Å². The number of carbonyl (C=O) groups is 1. The normalized spacial score (nSPS) is 16.6. The summed E-state index contributed by atoms with van der Waals surface area (Å²) < 4.78 is 1.95. The molecule has 1 saturated heterocycles. The van der Waals surface area contributed by atoms with Crippen molar-refractivity contribution in [2.75, 3.05) is 13.1 Å². The first-order chi connectivity index (χ1) is 15.5. The number of nitrogens with zero attached hydrogens (tertiary/aromatic N) is 4. The fourth-order valence-electron chi connectivity index (χ4n) is 4.74. The number of H-pyrrole nitrogens is 1. The van der Waals surface area contributed by atoms with Gasteiger partial charge in [-0.25, -0.2) is 4.98 Å². The molecule has 4 aromatic rings. The molecule has 2 aromatic carbocycles. The van der Waals surface area contributed by atoms with Crippen LogP contribution in [0, 0.1) is 20.8 Å². The molecule has 1 aliphatic heterocycles. The number of carbonyl (C=O) groups excluding carboxylic acids is 1. The van der Waals surface area contributed by atoms with E-state index in [0.717, 1.165) is 53.2 Å². The molecule has 0 spiro atoms. The lowest BCUT2D eigenvalue weighted by molar-refractivity contribution is 0.0703. The van der Waals surface area contributed by atoms with Crippen LogP contribution >= 0.6 is 0 Å². The molecule has 2 aromatic heterocycles. The summed E-state index contributed by atoms with van der Waals surface area (Å²) in [5.74, 6) is 1.28. The number of amides is 1. The number of imidazole rings is 1. The number of fused-ring (bicyclic) bond motifs is 1. The van der Waals surface area contributed by atoms with Crippen molar-refractivity contribution in [3.05, 3.63) is 82.4 Å². The van der Waals surface area contributed by atoms with Crippen LogP contribution in [-0.2, 0) is 6.54 Å². The molecule has 1 amide bonds. The average Bonchev–Trinajstić information content (AvgIpc) is 3.35. The molecular formula is C26H29N5O. The Morgan fingerprint density at radius 1 is 1.09 bits per heavy atom. The van der Waals surface area contributed by atoms with Gasteiger partial charge in [0.1, 0.15) is 5.82 Å². The molecule has 1 fully saturated rings. The number of rotatable bonds is 4. The fourth-order valence-corrected chi connectivity index (χ4v) is 4.74. The van der Waals surface area contributed by atoms with Gasteiger partial charge in [-0.3, -0.25) is 9.48 Å². The highest BCUT2D eigenvalue weighted by Gasteiger charge is 2.30. The van der Waals surface area contributed by atoms with Crippen molar-refractivity contribution in [3.63, 3.8) is 0 Å². The molecule has 1 unspecified atom stereocenters. The van der Waals surface area contributed by atoms with E-state index in [2.05, 4.69) is 36.2 Å². The largest absolute Gasteiger partial charge is 0.342 e. The molecule has 1 aliphatic rings. The molecular weight excluding hydrogens is 398 g/mol. The molecule has 5 rings (SSSR count). The van der Waals surface area contributed by atoms with Crippen LogP contribution in [0.15, 0.2) is 48.5 Å². The maximum absolute atomic E-state index is 13.5. The molecule has 164 valence electrons. The Labute approximate surface area is 188 Å². The van der Waals surface area contributed by atoms with E-state index in [1.165, 1.54) is 11.1 Å². The summed E-state index contributed by atoms with van der Waals surface area (Å²) in [5.41, 5.74) is 6.92. The average molecular weight is 428 g/mol. The molecule has 32 heavy (non-hydrogen) atoms. The summed E-state index contributed by atoms with van der Waals surface area (Å²) >= 11 is 0. The van der Waals surface area contributed by atoms with E-state index in [4.69, 9.17) is 10.1 Å². The van der Waals surface area contributed by atoms with Crippen LogP contribution in [0.1, 0.15) is 57.5 Å². The Morgan fingerprint density at radius 3 is 2.66 bits per heavy atom. The number of aromatic nitrogens is 4. The van der Waals surface area contributed by atoms with E-state index < -0.39 is 0 Å². The van der Waals surface area contributed by atoms with Gasteiger partial charge in [0.15, 0.2) is 0 Å². The van der Waals surface area contributed by atoms with Gasteiger partial charge >= 0.3 is 0 Å². The minimum atomic E-state index is 0.0796. The molecule has 6 heteroatoms. The first kappa shape index (κ1) is 20.5. The van der Waals surface area contributed by atoms with Crippen molar-refractivity contribution < 1.29 is 4.79 Å². The SMILES string of the molecule is Cc1ccc(Cn2nc(C)c(C(=O)N3CCCC(c4nc5ccccc5[nH]4)C3)c2C)cc1. The van der Waals surface area contributed by atoms with Gasteiger partial charge in [0.25, 0.3) is 5.91 Å². The van der Waals surface area contributed by atoms with Crippen LogP contribution in [0.5, 0.6) is 0 Å². The van der Waals surface area contributed by atoms with E-state index >= 15 is 0 Å². The van der Waals surface area contributed by atoms with Crippen LogP contribution in [0.25, 0.3) is 11.0 Å². The van der Waals surface area contributed by atoms with E-state index in [0.29, 0.717) is 13.1 Å². The Kier molecular flexibility index (Phi) is 5.29. The minimum Gasteiger partial charge on any atom is -0.342 e. The standard InChI is InChI=1S/C26H29N5O/c1-17-10-12-20(13-11-17)15-31-19(3)24(18(2)29-31)26(32)30-14-6-7-21(16-30)25-27-22-8-4-5-9-23(22)28-25/h4-5,8-13,21H,6-7,14-16H2,1-3H3,(H,27,28). The van der Waals surface area contributed by atoms with Crippen molar-refractivity contribution in [2.24, 2.45) is 0 Å². The lowest BCUT2D eigenvalue weighted by Gasteiger charge is -2.32. The number of aromatic amines is 1. The van der Waals surface area contributed by atoms with Crippen molar-refractivity contribution >= 4 is 16.9 Å². The third-order valence-electron chi connectivity index (χ3n) is 6.55. The number of benzene rings is 2. The zero-order valence-corrected chi connectivity index (χ0v) is 18.9. The first-order valence-corrected chi connectivity index (χ1v) is 11.3. The molecule has 0 bridgehead atoms. The summed E-state index contributed by atoms with van der Waals surface area (Å²) in [6.45, 7) is 8.15. The highest BCUT2D eigenvalue weighted by Crippen LogP contribution is 2.28. The van der Waals surface area contributed by atoms with Gasteiger partial charge in [-0.15, -0.1) is 0 Å². The maximum atomic E-state index is 13.5. The second-order valence-electron chi connectivity index (χ2n) is 8.92. The van der Waals surface area contributed by atoms with Gasteiger partial charge in [0.05, 0.1) is 28.8 Å². The van der Waals surface area contributed by atoms with Crippen LogP contribution in [0.2, 0.25) is 0 Å². The highest BCUT2D eigenvalue weighted by molar-refractivity contribution is 5.96. The second-order valence-corrected chi connectivity index (χ2v) is 8.92. The third-order valence-corrected chi connectivity index (χ3v) is 6.55. The molecule has 1 N–H and O–H groups in total. The minimum absolute atomic E-state index is 0.0796. The van der Waals surface area contributed by atoms with Crippen molar-refractivity contribution in [2.45, 2.75) is 46.1 Å². The molecule has 0 saturated carbocycles. The molecule has 0 aliphatic carbocycles. The summed E-state index contributed by atoms with van der Waals surface area (Å²) in [6, 6.07) is 16.6. The third kappa shape index (κ3) is 3.81. The Hall–Kier alpha value is -3.41. The van der Waals surface area contributed by atoms with Gasteiger partial charge in [0, 0.05) is 24.7 Å². The lowest BCUT2D eigenvalue weighted by atomic mass is 9.96. The van der Waals surface area contributed by atoms with Crippen molar-refractivity contribution in [1.29, 1.82) is 0 Å². The van der Waals surface area contributed by atoms with Gasteiger partial charge in [-0.1, -0.05) is 42.0 Å². The second kappa shape index (κ2) is 8.26. The molecule has 6 nitrogen and oxygen atoms in total. The lowest BCUT2D eigenvalue weighted by Crippen LogP contribution is -2.39. The first-order valence-electron chi connectivity index (χ1n) is 11.3. The Morgan fingerprint density at radius 2 is 1.88 bits per heavy atom. The smallest absolute Gasteiger partial charge is 0.257 e. The molecule has 1 atom stereocenters. The summed E-state index contributed by atoms with van der Waals surface area (Å²) in [5, 5.41) is 4.70. The van der Waals surface area contributed by atoms with Gasteiger partial charge in [-0.2, -0.15) is 5.10 Å². The summed E-state index contributed by atoms with van der Waals surface area (Å²) in [7, 11) is 0. The van der Waals surface area contributed by atoms with Crippen molar-refractivity contribution in [3.8, 4) is 0 Å². The predicted molar refractivity (Wildman–Crippen MR) is 126 cm³/mol. The Balaban J connectivity index is 1.36. The van der Waals surface area contributed by atoms with Crippen LogP contribution in [0.3, 0.4) is 0 Å². The van der Waals surface area contributed by atoms with E-state index in [-0.39, 0.29) is 11.8 Å². The number of hydrogen-bond donors (Lipinski definition) is 1. The number of nitrogens with one attached hydrogen (secondary N) is 1. The van der Waals surface area contributed by atoms with E-state index in [1.807, 2.05) is 47.7 Å². The number of likely N-dealkylation sites (tertiary alicyclic amines) is 1. The highest BCUT2D eigenvalue weighted by atomic mass is 16.2. The van der Waals surface area contributed by atoms with Crippen LogP contribution in [0.4, 0.5) is 0 Å². The van der Waals surface area contributed by atoms with Gasteiger partial charge in [0.2, 0.25) is 0 Å². The van der Waals surface area contributed by atoms with Crippen molar-refractivity contribution in [1.82, 2.24) is 24.6 Å². The topological polar surface area (TPSA) is 66.8 Å². The van der Waals surface area contributed by atoms with Gasteiger partial charge in [-0.05, 0) is 51.3 Å². The molecule has 3 heterocycles. The summed E-state index contributed by atoms with van der Waals surface area (Å²) in [6.07, 6.45) is 2.01. The zero-order valence-electron chi connectivity index (χ0n) is 18.9. The predicted octanol–water partition coefficient (Wildman–Crippen LogP) is 4.75. The zero-order chi connectivity index (χ0) is 22.2. The van der Waals surface area contributed by atoms with E-state index in [9.17, 15) is 4.79 Å². The molecule has 0 radical (unpaired) electrons. The number of aryl methyl sites for hydroxylation is 2. The number of hydrogen-bond acceptors (Lipinski definition) is 3. The van der Waals surface area contributed by atoms with E-state index in [1.54, 1.807) is 0 Å². The Bertz CT molecular complexity index is 1230. The number of piperidine rings is 1. The quantitative estimate of drug-likeness (QED) is 0.511. The monoisotopic (exact) mass is 427 g/mol. The maximum Gasteiger partial charge on any atom is 0.257 e. The number of para-hydroxylation sites is 2. The van der Waals surface area contributed by atoms with Crippen LogP contribution < -0.4 is 0 Å².